The Balaban J connectivity index is 4.21. The highest BCUT2D eigenvalue weighted by molar-refractivity contribution is 5.67. The number of carbonyl (C=O) groups is 2. The van der Waals surface area contributed by atoms with Crippen molar-refractivity contribution in [3.63, 3.8) is 0 Å². The van der Waals surface area contributed by atoms with E-state index in [-0.39, 0.29) is 31.5 Å². The Bertz CT molecular complexity index is 325. The minimum atomic E-state index is -1.08. The van der Waals surface area contributed by atoms with Gasteiger partial charge in [-0.15, -0.1) is 6.42 Å². The molecule has 108 valence electrons. The van der Waals surface area contributed by atoms with Crippen LogP contribution in [0.1, 0.15) is 26.7 Å². The van der Waals surface area contributed by atoms with Crippen molar-refractivity contribution in [3.05, 3.63) is 0 Å². The lowest BCUT2D eigenvalue weighted by Gasteiger charge is -2.23. The van der Waals surface area contributed by atoms with Crippen LogP contribution in [-0.2, 0) is 4.74 Å². The predicted molar refractivity (Wildman–Crippen MR) is 71.8 cm³/mol. The molecule has 0 aromatic rings. The van der Waals surface area contributed by atoms with Crippen LogP contribution >= 0.6 is 0 Å². The van der Waals surface area contributed by atoms with Crippen LogP contribution in [0.3, 0.4) is 0 Å². The molecule has 0 aliphatic heterocycles. The summed E-state index contributed by atoms with van der Waals surface area (Å²) in [6.07, 6.45) is 5.29. The first-order chi connectivity index (χ1) is 9.01. The molecule has 0 aliphatic carbocycles. The van der Waals surface area contributed by atoms with E-state index in [2.05, 4.69) is 23.5 Å². The molecule has 0 heterocycles. The second-order valence-electron chi connectivity index (χ2n) is 4.37. The number of rotatable bonds is 8. The molecule has 0 radical (unpaired) electrons. The topological polar surface area (TPSA) is 87.7 Å². The number of ether oxygens (including phenoxy) is 1. The zero-order chi connectivity index (χ0) is 14.7. The van der Waals surface area contributed by atoms with E-state index >= 15 is 0 Å². The fourth-order valence-electron chi connectivity index (χ4n) is 1.69. The minimum Gasteiger partial charge on any atom is -0.465 e. The predicted octanol–water partition coefficient (Wildman–Crippen LogP) is 1.67. The third kappa shape index (κ3) is 8.77. The highest BCUT2D eigenvalue weighted by Crippen LogP contribution is 2.17. The fourth-order valence-corrected chi connectivity index (χ4v) is 1.69. The number of alkyl carbamates (subject to hydrolysis) is 1. The highest BCUT2D eigenvalue weighted by atomic mass is 16.5. The van der Waals surface area contributed by atoms with Crippen molar-refractivity contribution in [1.29, 1.82) is 0 Å². The van der Waals surface area contributed by atoms with Gasteiger partial charge in [-0.1, -0.05) is 32.6 Å². The van der Waals surface area contributed by atoms with Gasteiger partial charge in [0.15, 0.2) is 0 Å². The SMILES string of the molecule is C#CCNC(=O)OCC(CNC(=O)O)C(C)CCC. The highest BCUT2D eigenvalue weighted by Gasteiger charge is 2.19. The quantitative estimate of drug-likeness (QED) is 0.585. The van der Waals surface area contributed by atoms with Crippen LogP contribution < -0.4 is 10.6 Å². The van der Waals surface area contributed by atoms with Crippen molar-refractivity contribution in [2.45, 2.75) is 26.7 Å². The van der Waals surface area contributed by atoms with Crippen LogP contribution in [0.25, 0.3) is 0 Å². The largest absolute Gasteiger partial charge is 0.465 e. The first kappa shape index (κ1) is 17.1. The summed E-state index contributed by atoms with van der Waals surface area (Å²) in [5.74, 6) is 2.48. The molecule has 0 bridgehead atoms. The Morgan fingerprint density at radius 3 is 2.63 bits per heavy atom. The maximum atomic E-state index is 11.3. The van der Waals surface area contributed by atoms with E-state index in [1.807, 2.05) is 6.92 Å². The minimum absolute atomic E-state index is 0.0485. The third-order valence-electron chi connectivity index (χ3n) is 2.83. The van der Waals surface area contributed by atoms with Crippen molar-refractivity contribution in [1.82, 2.24) is 10.6 Å². The summed E-state index contributed by atoms with van der Waals surface area (Å²) in [5, 5.41) is 13.3. The molecule has 0 saturated carbocycles. The molecule has 2 unspecified atom stereocenters. The molecule has 2 amide bonds. The number of carbonyl (C=O) groups excluding carboxylic acids is 1. The van der Waals surface area contributed by atoms with E-state index in [4.69, 9.17) is 16.3 Å². The number of hydrogen-bond acceptors (Lipinski definition) is 3. The lowest BCUT2D eigenvalue weighted by atomic mass is 9.91. The van der Waals surface area contributed by atoms with Crippen molar-refractivity contribution in [2.24, 2.45) is 11.8 Å². The van der Waals surface area contributed by atoms with Gasteiger partial charge in [-0.25, -0.2) is 9.59 Å². The van der Waals surface area contributed by atoms with E-state index in [9.17, 15) is 9.59 Å². The van der Waals surface area contributed by atoms with Crippen LogP contribution in [0.15, 0.2) is 0 Å². The molecule has 0 rings (SSSR count). The molecule has 2 atom stereocenters. The summed E-state index contributed by atoms with van der Waals surface area (Å²) in [6, 6.07) is 0. The Morgan fingerprint density at radius 1 is 1.42 bits per heavy atom. The lowest BCUT2D eigenvalue weighted by molar-refractivity contribution is 0.110. The van der Waals surface area contributed by atoms with Crippen LogP contribution in [0.4, 0.5) is 9.59 Å². The first-order valence-corrected chi connectivity index (χ1v) is 6.32. The maximum absolute atomic E-state index is 11.3. The van der Waals surface area contributed by atoms with Crippen molar-refractivity contribution < 1.29 is 19.4 Å². The molecule has 19 heavy (non-hydrogen) atoms. The number of terminal acetylenes is 1. The van der Waals surface area contributed by atoms with Crippen LogP contribution in [0, 0.1) is 24.2 Å². The van der Waals surface area contributed by atoms with Gasteiger partial charge >= 0.3 is 12.2 Å². The van der Waals surface area contributed by atoms with Crippen LogP contribution in [0.2, 0.25) is 0 Å². The summed E-state index contributed by atoms with van der Waals surface area (Å²) in [6.45, 7) is 4.61. The lowest BCUT2D eigenvalue weighted by Crippen LogP contribution is -2.35. The number of nitrogens with one attached hydrogen (secondary N) is 2. The van der Waals surface area contributed by atoms with Crippen molar-refractivity contribution >= 4 is 12.2 Å². The number of hydrogen-bond donors (Lipinski definition) is 3. The van der Waals surface area contributed by atoms with Crippen molar-refractivity contribution in [3.8, 4) is 12.3 Å². The molecule has 0 spiro atoms. The summed E-state index contributed by atoms with van der Waals surface area (Å²) in [7, 11) is 0. The van der Waals surface area contributed by atoms with E-state index in [0.29, 0.717) is 0 Å². The van der Waals surface area contributed by atoms with E-state index in [1.54, 1.807) is 0 Å². The van der Waals surface area contributed by atoms with Crippen molar-refractivity contribution in [2.75, 3.05) is 19.7 Å². The monoisotopic (exact) mass is 270 g/mol. The zero-order valence-corrected chi connectivity index (χ0v) is 11.4. The average Bonchev–Trinajstić information content (AvgIpc) is 2.36. The van der Waals surface area contributed by atoms with Crippen LogP contribution in [-0.4, -0.2) is 37.0 Å². The molecular formula is C13H22N2O4. The summed E-state index contributed by atoms with van der Waals surface area (Å²) in [4.78, 5) is 21.8. The van der Waals surface area contributed by atoms with Gasteiger partial charge in [0.05, 0.1) is 13.2 Å². The van der Waals surface area contributed by atoms with E-state index < -0.39 is 12.2 Å². The molecular weight excluding hydrogens is 248 g/mol. The van der Waals surface area contributed by atoms with Gasteiger partial charge in [0, 0.05) is 12.5 Å². The number of carboxylic acid groups (broad SMARTS) is 1. The first-order valence-electron chi connectivity index (χ1n) is 6.32. The van der Waals surface area contributed by atoms with Gasteiger partial charge in [-0.3, -0.25) is 0 Å². The summed E-state index contributed by atoms with van der Waals surface area (Å²) >= 11 is 0. The number of amides is 2. The average molecular weight is 270 g/mol. The third-order valence-corrected chi connectivity index (χ3v) is 2.83. The van der Waals surface area contributed by atoms with Gasteiger partial charge in [-0.2, -0.15) is 0 Å². The molecule has 0 aromatic carbocycles. The van der Waals surface area contributed by atoms with Gasteiger partial charge in [-0.05, 0) is 5.92 Å². The fraction of sp³-hybridized carbons (Fsp3) is 0.692. The normalized spacial score (nSPS) is 12.9. The Hall–Kier alpha value is -1.90. The summed E-state index contributed by atoms with van der Waals surface area (Å²) < 4.78 is 5.03. The van der Waals surface area contributed by atoms with Gasteiger partial charge < -0.3 is 20.5 Å². The van der Waals surface area contributed by atoms with Gasteiger partial charge in [0.25, 0.3) is 0 Å². The second kappa shape index (κ2) is 10.1. The maximum Gasteiger partial charge on any atom is 0.407 e. The van der Waals surface area contributed by atoms with Gasteiger partial charge in [0.2, 0.25) is 0 Å². The Labute approximate surface area is 113 Å². The molecule has 0 fully saturated rings. The zero-order valence-electron chi connectivity index (χ0n) is 11.4. The van der Waals surface area contributed by atoms with Gasteiger partial charge in [0.1, 0.15) is 0 Å². The Kier molecular flexibility index (Phi) is 9.06. The smallest absolute Gasteiger partial charge is 0.407 e. The second-order valence-corrected chi connectivity index (χ2v) is 4.37. The molecule has 6 nitrogen and oxygen atoms in total. The molecule has 3 N–H and O–H groups in total. The van der Waals surface area contributed by atoms with E-state index in [1.165, 1.54) is 0 Å². The van der Waals surface area contributed by atoms with Crippen LogP contribution in [0.5, 0.6) is 0 Å². The molecule has 0 aromatic heterocycles. The van der Waals surface area contributed by atoms with E-state index in [0.717, 1.165) is 12.8 Å². The molecule has 6 heteroatoms. The molecule has 0 saturated heterocycles. The Morgan fingerprint density at radius 2 is 2.11 bits per heavy atom. The standard InChI is InChI=1S/C13H22N2O4/c1-4-6-10(3)11(8-15-12(16)17)9-19-13(18)14-7-5-2/h2,10-11,15H,4,6-9H2,1,3H3,(H,14,18)(H,16,17). The molecule has 0 aliphatic rings. The summed E-state index contributed by atoms with van der Waals surface area (Å²) in [5.41, 5.74) is 0.